The Bertz CT molecular complexity index is 492. The highest BCUT2D eigenvalue weighted by Gasteiger charge is 2.53. The predicted octanol–water partition coefficient (Wildman–Crippen LogP) is 3.42. The van der Waals surface area contributed by atoms with Crippen LogP contribution in [-0.4, -0.2) is 6.04 Å². The molecule has 1 atom stereocenters. The van der Waals surface area contributed by atoms with Crippen molar-refractivity contribution in [2.24, 2.45) is 29.0 Å². The molecule has 0 heterocycles. The Balaban J connectivity index is 1.60. The smallest absolute Gasteiger partial charge is 0.126 e. The zero-order valence-corrected chi connectivity index (χ0v) is 12.5. The Morgan fingerprint density at radius 3 is 2.19 bits per heavy atom. The third-order valence-electron chi connectivity index (χ3n) is 6.41. The molecule has 0 aliphatic heterocycles. The molecule has 1 aromatic carbocycles. The summed E-state index contributed by atoms with van der Waals surface area (Å²) in [5, 5.41) is 0. The number of halogens is 1. The van der Waals surface area contributed by atoms with Crippen LogP contribution in [0.4, 0.5) is 4.39 Å². The third-order valence-corrected chi connectivity index (χ3v) is 6.41. The topological polar surface area (TPSA) is 38.0 Å². The summed E-state index contributed by atoms with van der Waals surface area (Å²) in [6.07, 6.45) is 8.88. The van der Waals surface area contributed by atoms with Crippen LogP contribution in [-0.2, 0) is 6.42 Å². The summed E-state index contributed by atoms with van der Waals surface area (Å²) >= 11 is 0. The lowest BCUT2D eigenvalue weighted by atomic mass is 9.47. The van der Waals surface area contributed by atoms with Gasteiger partial charge in [0.05, 0.1) is 0 Å². The molecular weight excluding hydrogens is 263 g/mol. The van der Waals surface area contributed by atoms with Crippen LogP contribution >= 0.6 is 0 Å². The number of hydrogen-bond donors (Lipinski definition) is 2. The van der Waals surface area contributed by atoms with Gasteiger partial charge >= 0.3 is 0 Å². The van der Waals surface area contributed by atoms with E-state index in [1.54, 1.807) is 12.1 Å². The Hall–Kier alpha value is -0.930. The molecule has 0 spiro atoms. The van der Waals surface area contributed by atoms with E-state index < -0.39 is 0 Å². The molecule has 4 aliphatic carbocycles. The van der Waals surface area contributed by atoms with Crippen LogP contribution in [0.5, 0.6) is 0 Å². The summed E-state index contributed by atoms with van der Waals surface area (Å²) in [6.45, 7) is 0. The van der Waals surface area contributed by atoms with E-state index in [1.807, 2.05) is 12.1 Å². The fourth-order valence-corrected chi connectivity index (χ4v) is 5.94. The molecule has 0 saturated heterocycles. The third kappa shape index (κ3) is 2.31. The largest absolute Gasteiger partial charge is 0.271 e. The first kappa shape index (κ1) is 13.7. The maximum atomic E-state index is 14.0. The van der Waals surface area contributed by atoms with Crippen molar-refractivity contribution in [2.45, 2.75) is 51.0 Å². The van der Waals surface area contributed by atoms with E-state index in [0.29, 0.717) is 5.41 Å². The lowest BCUT2D eigenvalue weighted by molar-refractivity contribution is -0.0738. The molecular formula is C18H25FN2. The molecule has 4 aliphatic rings. The molecule has 5 rings (SSSR count). The van der Waals surface area contributed by atoms with E-state index in [2.05, 4.69) is 5.43 Å². The van der Waals surface area contributed by atoms with Gasteiger partial charge in [-0.3, -0.25) is 11.3 Å². The summed E-state index contributed by atoms with van der Waals surface area (Å²) < 4.78 is 14.0. The first-order valence-electron chi connectivity index (χ1n) is 8.38. The van der Waals surface area contributed by atoms with Gasteiger partial charge in [-0.05, 0) is 79.7 Å². The SMILES string of the molecule is NNC(Cc1ccccc1F)C12CC3CC(CC(C3)C1)C2. The fourth-order valence-electron chi connectivity index (χ4n) is 5.94. The number of hydrogen-bond acceptors (Lipinski definition) is 2. The maximum Gasteiger partial charge on any atom is 0.126 e. The summed E-state index contributed by atoms with van der Waals surface area (Å²) in [6, 6.07) is 7.35. The van der Waals surface area contributed by atoms with E-state index in [9.17, 15) is 4.39 Å². The number of hydrazine groups is 1. The highest BCUT2D eigenvalue weighted by Crippen LogP contribution is 2.61. The molecule has 4 bridgehead atoms. The monoisotopic (exact) mass is 288 g/mol. The van der Waals surface area contributed by atoms with Gasteiger partial charge in [0.2, 0.25) is 0 Å². The van der Waals surface area contributed by atoms with Crippen molar-refractivity contribution in [1.29, 1.82) is 0 Å². The van der Waals surface area contributed by atoms with Gasteiger partial charge in [0.15, 0.2) is 0 Å². The molecule has 3 N–H and O–H groups in total. The number of rotatable bonds is 4. The molecule has 114 valence electrons. The Labute approximate surface area is 126 Å². The molecule has 4 saturated carbocycles. The molecule has 3 heteroatoms. The van der Waals surface area contributed by atoms with E-state index >= 15 is 0 Å². The Morgan fingerprint density at radius 1 is 1.10 bits per heavy atom. The van der Waals surface area contributed by atoms with Crippen molar-refractivity contribution < 1.29 is 4.39 Å². The van der Waals surface area contributed by atoms with Crippen molar-refractivity contribution in [3.05, 3.63) is 35.6 Å². The van der Waals surface area contributed by atoms with Crippen LogP contribution in [0.25, 0.3) is 0 Å². The van der Waals surface area contributed by atoms with Crippen LogP contribution < -0.4 is 11.3 Å². The lowest BCUT2D eigenvalue weighted by Gasteiger charge is -2.59. The molecule has 1 aromatic rings. The second kappa shape index (κ2) is 5.06. The second-order valence-corrected chi connectivity index (χ2v) is 7.79. The molecule has 0 aromatic heterocycles. The lowest BCUT2D eigenvalue weighted by Crippen LogP contribution is -2.58. The normalized spacial score (nSPS) is 38.7. The van der Waals surface area contributed by atoms with Crippen molar-refractivity contribution in [3.8, 4) is 0 Å². The maximum absolute atomic E-state index is 14.0. The van der Waals surface area contributed by atoms with Gasteiger partial charge in [0.1, 0.15) is 5.82 Å². The van der Waals surface area contributed by atoms with Gasteiger partial charge < -0.3 is 0 Å². The zero-order chi connectivity index (χ0) is 14.4. The van der Waals surface area contributed by atoms with Gasteiger partial charge in [0, 0.05) is 6.04 Å². The average molecular weight is 288 g/mol. The summed E-state index contributed by atoms with van der Waals surface area (Å²) in [4.78, 5) is 0. The first-order valence-corrected chi connectivity index (χ1v) is 8.38. The van der Waals surface area contributed by atoms with Gasteiger partial charge in [-0.25, -0.2) is 4.39 Å². The van der Waals surface area contributed by atoms with E-state index in [0.717, 1.165) is 29.7 Å². The highest BCUT2D eigenvalue weighted by molar-refractivity contribution is 5.20. The Morgan fingerprint density at radius 2 is 1.67 bits per heavy atom. The number of benzene rings is 1. The van der Waals surface area contributed by atoms with Gasteiger partial charge in [0.25, 0.3) is 0 Å². The summed E-state index contributed by atoms with van der Waals surface area (Å²) in [7, 11) is 0. The van der Waals surface area contributed by atoms with Crippen LogP contribution in [0.2, 0.25) is 0 Å². The zero-order valence-electron chi connectivity index (χ0n) is 12.5. The Kier molecular flexibility index (Phi) is 3.31. The van der Waals surface area contributed by atoms with Crippen molar-refractivity contribution in [2.75, 3.05) is 0 Å². The van der Waals surface area contributed by atoms with E-state index in [-0.39, 0.29) is 11.9 Å². The van der Waals surface area contributed by atoms with Crippen LogP contribution in [0.15, 0.2) is 24.3 Å². The average Bonchev–Trinajstić information content (AvgIpc) is 2.44. The first-order chi connectivity index (χ1) is 10.2. The van der Waals surface area contributed by atoms with E-state index in [1.165, 1.54) is 38.5 Å². The molecule has 1 unspecified atom stereocenters. The quantitative estimate of drug-likeness (QED) is 0.658. The highest BCUT2D eigenvalue weighted by atomic mass is 19.1. The summed E-state index contributed by atoms with van der Waals surface area (Å²) in [5.74, 6) is 8.51. The molecule has 4 fully saturated rings. The number of nitrogens with two attached hydrogens (primary N) is 1. The van der Waals surface area contributed by atoms with Gasteiger partial charge in [-0.15, -0.1) is 0 Å². The van der Waals surface area contributed by atoms with Gasteiger partial charge in [-0.2, -0.15) is 0 Å². The van der Waals surface area contributed by atoms with Crippen molar-refractivity contribution >= 4 is 0 Å². The molecule has 2 nitrogen and oxygen atoms in total. The second-order valence-electron chi connectivity index (χ2n) is 7.79. The minimum atomic E-state index is -0.0949. The minimum absolute atomic E-state index is 0.0949. The molecule has 21 heavy (non-hydrogen) atoms. The van der Waals surface area contributed by atoms with Crippen molar-refractivity contribution in [3.63, 3.8) is 0 Å². The van der Waals surface area contributed by atoms with E-state index in [4.69, 9.17) is 5.84 Å². The molecule has 0 radical (unpaired) electrons. The van der Waals surface area contributed by atoms with Crippen molar-refractivity contribution in [1.82, 2.24) is 5.43 Å². The minimum Gasteiger partial charge on any atom is -0.271 e. The van der Waals surface area contributed by atoms with Crippen LogP contribution in [0, 0.1) is 29.0 Å². The van der Waals surface area contributed by atoms with Crippen LogP contribution in [0.3, 0.4) is 0 Å². The fraction of sp³-hybridized carbons (Fsp3) is 0.667. The van der Waals surface area contributed by atoms with Crippen LogP contribution in [0.1, 0.15) is 44.1 Å². The van der Waals surface area contributed by atoms with Gasteiger partial charge in [-0.1, -0.05) is 18.2 Å². The number of nitrogens with one attached hydrogen (secondary N) is 1. The predicted molar refractivity (Wildman–Crippen MR) is 81.8 cm³/mol. The standard InChI is InChI=1S/C18H25FN2/c19-16-4-2-1-3-15(16)8-17(21-20)18-9-12-5-13(10-18)7-14(6-12)11-18/h1-4,12-14,17,21H,5-11,20H2. The molecule has 0 amide bonds. The summed E-state index contributed by atoms with van der Waals surface area (Å²) in [5.41, 5.74) is 4.18.